The van der Waals surface area contributed by atoms with Crippen molar-refractivity contribution in [3.8, 4) is 0 Å². The van der Waals surface area contributed by atoms with Gasteiger partial charge < -0.3 is 21.7 Å². The minimum atomic E-state index is -0.745. The van der Waals surface area contributed by atoms with Crippen LogP contribution >= 0.6 is 0 Å². The fourth-order valence-electron chi connectivity index (χ4n) is 0.333. The Kier molecular flexibility index (Phi) is 20.7. The van der Waals surface area contributed by atoms with Gasteiger partial charge in [-0.25, -0.2) is 0 Å². The van der Waals surface area contributed by atoms with Gasteiger partial charge in [0.25, 0.3) is 0 Å². The molecular formula is C10H24N2O4. The van der Waals surface area contributed by atoms with Gasteiger partial charge in [0.15, 0.2) is 0 Å². The van der Waals surface area contributed by atoms with E-state index in [1.54, 1.807) is 13.8 Å². The Labute approximate surface area is 96.6 Å². The molecule has 6 heteroatoms. The summed E-state index contributed by atoms with van der Waals surface area (Å²) in [5.41, 5.74) is 10.4. The van der Waals surface area contributed by atoms with E-state index in [1.165, 1.54) is 0 Å². The molecule has 0 rings (SSSR count). The van der Waals surface area contributed by atoms with E-state index < -0.39 is 11.9 Å². The third-order valence-corrected chi connectivity index (χ3v) is 1.23. The third-order valence-electron chi connectivity index (χ3n) is 1.23. The predicted octanol–water partition coefficient (Wildman–Crippen LogP) is 0.992. The zero-order valence-electron chi connectivity index (χ0n) is 10.3. The quantitative estimate of drug-likeness (QED) is 0.539. The second-order valence-corrected chi connectivity index (χ2v) is 2.95. The molecule has 6 N–H and O–H groups in total. The molecule has 0 aromatic rings. The first kappa shape index (κ1) is 20.3. The summed E-state index contributed by atoms with van der Waals surface area (Å²) in [6.45, 7) is 5.26. The number of carboxylic acid groups (broad SMARTS) is 2. The van der Waals surface area contributed by atoms with Crippen molar-refractivity contribution in [1.82, 2.24) is 0 Å². The Morgan fingerprint density at radius 1 is 1.00 bits per heavy atom. The predicted molar refractivity (Wildman–Crippen MR) is 62.9 cm³/mol. The molecule has 0 aromatic carbocycles. The highest BCUT2D eigenvalue weighted by molar-refractivity contribution is 5.66. The van der Waals surface area contributed by atoms with Crippen LogP contribution in [0.25, 0.3) is 0 Å². The Hall–Kier alpha value is -1.14. The molecule has 0 saturated carbocycles. The molecule has 0 fully saturated rings. The van der Waals surface area contributed by atoms with Crippen LogP contribution in [-0.4, -0.2) is 28.3 Å². The highest BCUT2D eigenvalue weighted by atomic mass is 16.4. The van der Waals surface area contributed by atoms with Gasteiger partial charge in [0.05, 0.1) is 6.17 Å². The molecule has 0 radical (unpaired) electrons. The summed E-state index contributed by atoms with van der Waals surface area (Å²) >= 11 is 0. The number of nitrogens with two attached hydrogens (primary N) is 2. The van der Waals surface area contributed by atoms with Crippen LogP contribution in [0.4, 0.5) is 0 Å². The Morgan fingerprint density at radius 2 is 1.25 bits per heavy atom. The van der Waals surface area contributed by atoms with Gasteiger partial charge in [-0.05, 0) is 6.42 Å². The summed E-state index contributed by atoms with van der Waals surface area (Å²) in [7, 11) is 0. The van der Waals surface area contributed by atoms with Crippen LogP contribution < -0.4 is 11.5 Å². The van der Waals surface area contributed by atoms with Crippen LogP contribution in [0.2, 0.25) is 0 Å². The normalized spacial score (nSPS) is 8.38. The SMILES string of the molecule is CCC(=O)O.CCC(=O)O.CCCC(N)N. The smallest absolute Gasteiger partial charge is 0.303 e. The number of rotatable bonds is 4. The number of hydrogen-bond donors (Lipinski definition) is 4. The van der Waals surface area contributed by atoms with Gasteiger partial charge in [-0.15, -0.1) is 0 Å². The zero-order chi connectivity index (χ0) is 13.6. The minimum Gasteiger partial charge on any atom is -0.481 e. The minimum absolute atomic E-state index is 0.102. The van der Waals surface area contributed by atoms with E-state index in [0.29, 0.717) is 0 Å². The zero-order valence-corrected chi connectivity index (χ0v) is 10.3. The Morgan fingerprint density at radius 3 is 1.25 bits per heavy atom. The van der Waals surface area contributed by atoms with Crippen LogP contribution in [0.1, 0.15) is 46.5 Å². The van der Waals surface area contributed by atoms with E-state index in [-0.39, 0.29) is 19.0 Å². The molecule has 0 aliphatic rings. The molecule has 0 bridgehead atoms. The van der Waals surface area contributed by atoms with Crippen LogP contribution in [0.15, 0.2) is 0 Å². The largest absolute Gasteiger partial charge is 0.481 e. The van der Waals surface area contributed by atoms with Gasteiger partial charge in [0, 0.05) is 12.8 Å². The average Bonchev–Trinajstić information content (AvgIpc) is 2.19. The summed E-state index contributed by atoms with van der Waals surface area (Å²) < 4.78 is 0. The molecule has 0 atom stereocenters. The van der Waals surface area contributed by atoms with Gasteiger partial charge in [-0.1, -0.05) is 27.2 Å². The molecule has 0 heterocycles. The molecule has 0 saturated heterocycles. The van der Waals surface area contributed by atoms with Crippen molar-refractivity contribution in [2.24, 2.45) is 11.5 Å². The van der Waals surface area contributed by atoms with E-state index >= 15 is 0 Å². The van der Waals surface area contributed by atoms with Gasteiger partial charge in [0.2, 0.25) is 0 Å². The van der Waals surface area contributed by atoms with E-state index in [9.17, 15) is 9.59 Å². The lowest BCUT2D eigenvalue weighted by molar-refractivity contribution is -0.137. The van der Waals surface area contributed by atoms with Crippen LogP contribution in [-0.2, 0) is 9.59 Å². The maximum Gasteiger partial charge on any atom is 0.303 e. The Bertz CT molecular complexity index is 158. The molecule has 98 valence electrons. The van der Waals surface area contributed by atoms with Crippen molar-refractivity contribution in [3.05, 3.63) is 0 Å². The number of carboxylic acids is 2. The number of carbonyl (C=O) groups is 2. The van der Waals surface area contributed by atoms with Gasteiger partial charge in [0.1, 0.15) is 0 Å². The second-order valence-electron chi connectivity index (χ2n) is 2.95. The van der Waals surface area contributed by atoms with Crippen LogP contribution in [0.5, 0.6) is 0 Å². The molecule has 0 aromatic heterocycles. The molecule has 0 spiro atoms. The maximum absolute atomic E-state index is 9.37. The van der Waals surface area contributed by atoms with E-state index in [1.807, 2.05) is 0 Å². The molecule has 16 heavy (non-hydrogen) atoms. The average molecular weight is 236 g/mol. The topological polar surface area (TPSA) is 127 Å². The summed E-state index contributed by atoms with van der Waals surface area (Å²) in [5.74, 6) is -1.49. The number of hydrogen-bond acceptors (Lipinski definition) is 4. The summed E-state index contributed by atoms with van der Waals surface area (Å²) in [6, 6.07) is 0. The van der Waals surface area contributed by atoms with Gasteiger partial charge in [-0.2, -0.15) is 0 Å². The molecule has 6 nitrogen and oxygen atoms in total. The summed E-state index contributed by atoms with van der Waals surface area (Å²) in [4.78, 5) is 18.7. The summed E-state index contributed by atoms with van der Waals surface area (Å²) in [6.07, 6.45) is 2.35. The highest BCUT2D eigenvalue weighted by Gasteiger charge is 1.85. The van der Waals surface area contributed by atoms with E-state index in [0.717, 1.165) is 12.8 Å². The van der Waals surface area contributed by atoms with Crippen molar-refractivity contribution < 1.29 is 19.8 Å². The highest BCUT2D eigenvalue weighted by Crippen LogP contribution is 1.83. The first-order valence-corrected chi connectivity index (χ1v) is 5.26. The molecule has 0 aliphatic heterocycles. The molecule has 0 amide bonds. The number of aliphatic carboxylic acids is 2. The fraction of sp³-hybridized carbons (Fsp3) is 0.800. The standard InChI is InChI=1S/C4H12N2.2C3H6O2/c1-2-3-4(5)6;2*1-2-3(4)5/h4H,2-3,5-6H2,1H3;2*2H2,1H3,(H,4,5). The van der Waals surface area contributed by atoms with Gasteiger partial charge >= 0.3 is 11.9 Å². The van der Waals surface area contributed by atoms with Crippen LogP contribution in [0.3, 0.4) is 0 Å². The lowest BCUT2D eigenvalue weighted by Gasteiger charge is -1.97. The van der Waals surface area contributed by atoms with Crippen molar-refractivity contribution in [2.45, 2.75) is 52.6 Å². The van der Waals surface area contributed by atoms with Crippen molar-refractivity contribution in [2.75, 3.05) is 0 Å². The second kappa shape index (κ2) is 16.3. The van der Waals surface area contributed by atoms with Crippen LogP contribution in [0, 0.1) is 0 Å². The lowest BCUT2D eigenvalue weighted by atomic mass is 10.3. The van der Waals surface area contributed by atoms with Gasteiger partial charge in [-0.3, -0.25) is 9.59 Å². The Balaban J connectivity index is -0.000000160. The van der Waals surface area contributed by atoms with E-state index in [4.69, 9.17) is 21.7 Å². The van der Waals surface area contributed by atoms with Crippen molar-refractivity contribution in [1.29, 1.82) is 0 Å². The first-order valence-electron chi connectivity index (χ1n) is 5.26. The summed E-state index contributed by atoms with van der Waals surface area (Å²) in [5, 5.41) is 15.4. The van der Waals surface area contributed by atoms with E-state index in [2.05, 4.69) is 6.92 Å². The third kappa shape index (κ3) is 52.7. The van der Waals surface area contributed by atoms with Crippen molar-refractivity contribution in [3.63, 3.8) is 0 Å². The lowest BCUT2D eigenvalue weighted by Crippen LogP contribution is -2.29. The molecular weight excluding hydrogens is 212 g/mol. The first-order chi connectivity index (χ1) is 7.31. The molecule has 0 aliphatic carbocycles. The molecule has 0 unspecified atom stereocenters. The van der Waals surface area contributed by atoms with Crippen molar-refractivity contribution >= 4 is 11.9 Å². The maximum atomic E-state index is 9.37. The monoisotopic (exact) mass is 236 g/mol. The fourth-order valence-corrected chi connectivity index (χ4v) is 0.333.